The van der Waals surface area contributed by atoms with Gasteiger partial charge in [-0.2, -0.15) is 5.10 Å². The van der Waals surface area contributed by atoms with Crippen molar-refractivity contribution in [3.63, 3.8) is 0 Å². The second-order valence-electron chi connectivity index (χ2n) is 10.8. The molecule has 3 aromatic heterocycles. The van der Waals surface area contributed by atoms with Gasteiger partial charge in [0.2, 0.25) is 5.91 Å². The minimum Gasteiger partial charge on any atom is -0.496 e. The summed E-state index contributed by atoms with van der Waals surface area (Å²) in [6, 6.07) is 9.13. The molecule has 4 rings (SSSR count). The number of nitrogens with zero attached hydrogens (tertiary/aromatic N) is 4. The van der Waals surface area contributed by atoms with E-state index in [2.05, 4.69) is 10.4 Å². The Labute approximate surface area is 237 Å². The van der Waals surface area contributed by atoms with Gasteiger partial charge in [-0.05, 0) is 60.6 Å². The van der Waals surface area contributed by atoms with Crippen molar-refractivity contribution < 1.29 is 14.3 Å². The van der Waals surface area contributed by atoms with Gasteiger partial charge in [-0.25, -0.2) is 14.0 Å². The van der Waals surface area contributed by atoms with Gasteiger partial charge in [0.15, 0.2) is 0 Å². The maximum atomic E-state index is 14.3. The predicted octanol–water partition coefficient (Wildman–Crippen LogP) is 4.15. The molecule has 0 aliphatic carbocycles. The number of carbonyl (C=O) groups is 1. The lowest BCUT2D eigenvalue weighted by atomic mass is 10.0. The Hall–Kier alpha value is -3.70. The van der Waals surface area contributed by atoms with E-state index in [1.54, 1.807) is 48.7 Å². The lowest BCUT2D eigenvalue weighted by Gasteiger charge is -2.29. The van der Waals surface area contributed by atoms with Crippen molar-refractivity contribution >= 4 is 27.5 Å². The Morgan fingerprint density at radius 1 is 1.12 bits per heavy atom. The zero-order chi connectivity index (χ0) is 29.4. The van der Waals surface area contributed by atoms with Crippen LogP contribution in [0.25, 0.3) is 15.2 Å². The highest BCUT2D eigenvalue weighted by atomic mass is 32.1. The SMILES string of the molecule is COc1ccccc1C(Cn1c(=O)n(C(C)(C)C(=O)NC(C)C)c(=O)c2c(C)c(-n3cccn3)sc21)OC(C)C. The first-order valence-corrected chi connectivity index (χ1v) is 14.1. The number of aryl methyl sites for hydroxylation is 1. The first-order valence-electron chi connectivity index (χ1n) is 13.3. The van der Waals surface area contributed by atoms with Crippen LogP contribution in [0, 0.1) is 6.92 Å². The third-order valence-electron chi connectivity index (χ3n) is 6.70. The van der Waals surface area contributed by atoms with E-state index in [9.17, 15) is 14.4 Å². The van der Waals surface area contributed by atoms with Crippen LogP contribution in [-0.2, 0) is 21.6 Å². The Balaban J connectivity index is 2.04. The molecule has 11 heteroatoms. The molecule has 1 atom stereocenters. The number of aromatic nitrogens is 4. The molecule has 0 aliphatic rings. The molecule has 1 amide bonds. The van der Waals surface area contributed by atoms with E-state index in [0.717, 1.165) is 10.1 Å². The summed E-state index contributed by atoms with van der Waals surface area (Å²) >= 11 is 1.30. The molecule has 40 heavy (non-hydrogen) atoms. The van der Waals surface area contributed by atoms with Crippen LogP contribution in [0.3, 0.4) is 0 Å². The fraction of sp³-hybridized carbons (Fsp3) is 0.448. The molecule has 0 saturated carbocycles. The number of hydrogen-bond acceptors (Lipinski definition) is 7. The highest BCUT2D eigenvalue weighted by molar-refractivity contribution is 7.21. The molecule has 1 unspecified atom stereocenters. The molecule has 0 aliphatic heterocycles. The van der Waals surface area contributed by atoms with Gasteiger partial charge in [0.05, 0.1) is 25.1 Å². The minimum atomic E-state index is -1.46. The normalized spacial score (nSPS) is 12.8. The number of nitrogens with one attached hydrogen (secondary N) is 1. The van der Waals surface area contributed by atoms with Crippen LogP contribution in [0.5, 0.6) is 5.75 Å². The quantitative estimate of drug-likeness (QED) is 0.308. The zero-order valence-corrected chi connectivity index (χ0v) is 25.0. The Bertz CT molecular complexity index is 1630. The highest BCUT2D eigenvalue weighted by Crippen LogP contribution is 2.34. The molecule has 1 aromatic carbocycles. The van der Waals surface area contributed by atoms with E-state index in [-0.39, 0.29) is 18.7 Å². The number of fused-ring (bicyclic) bond motifs is 1. The summed E-state index contributed by atoms with van der Waals surface area (Å²) in [7, 11) is 1.59. The van der Waals surface area contributed by atoms with Gasteiger partial charge in [0, 0.05) is 29.6 Å². The molecule has 0 bridgehead atoms. The number of rotatable bonds is 10. The summed E-state index contributed by atoms with van der Waals surface area (Å²) < 4.78 is 16.2. The van der Waals surface area contributed by atoms with Crippen molar-refractivity contribution in [3.05, 3.63) is 74.7 Å². The monoisotopic (exact) mass is 567 g/mol. The second-order valence-corrected chi connectivity index (χ2v) is 11.8. The standard InChI is InChI=1S/C29H37N5O5S/c1-17(2)31-27(36)29(6,7)34-24(35)23-19(5)25(33-15-11-14-30-33)40-26(23)32(28(34)37)16-22(39-18(3)4)20-12-9-10-13-21(20)38-8/h9-15,17-18,22H,16H2,1-8H3,(H,31,36). The summed E-state index contributed by atoms with van der Waals surface area (Å²) in [6.07, 6.45) is 2.71. The average Bonchev–Trinajstić information content (AvgIpc) is 3.53. The molecule has 0 fully saturated rings. The summed E-state index contributed by atoms with van der Waals surface area (Å²) in [5.74, 6) is 0.203. The number of para-hydroxylation sites is 1. The van der Waals surface area contributed by atoms with Crippen molar-refractivity contribution in [1.29, 1.82) is 0 Å². The Kier molecular flexibility index (Phi) is 8.36. The largest absolute Gasteiger partial charge is 0.496 e. The molecule has 0 radical (unpaired) electrons. The van der Waals surface area contributed by atoms with Crippen molar-refractivity contribution in [2.45, 2.75) is 78.8 Å². The van der Waals surface area contributed by atoms with E-state index in [0.29, 0.717) is 26.5 Å². The summed E-state index contributed by atoms with van der Waals surface area (Å²) in [5.41, 5.74) is -1.13. The van der Waals surface area contributed by atoms with Gasteiger partial charge in [-0.15, -0.1) is 0 Å². The van der Waals surface area contributed by atoms with Gasteiger partial charge < -0.3 is 14.8 Å². The van der Waals surface area contributed by atoms with Crippen LogP contribution in [0.1, 0.15) is 58.8 Å². The lowest BCUT2D eigenvalue weighted by Crippen LogP contribution is -2.56. The van der Waals surface area contributed by atoms with Crippen LogP contribution in [0.2, 0.25) is 0 Å². The summed E-state index contributed by atoms with van der Waals surface area (Å²) in [4.78, 5) is 42.2. The predicted molar refractivity (Wildman–Crippen MR) is 157 cm³/mol. The molecule has 214 valence electrons. The topological polar surface area (TPSA) is 109 Å². The molecular weight excluding hydrogens is 530 g/mol. The molecular formula is C29H37N5O5S. The number of benzene rings is 1. The average molecular weight is 568 g/mol. The van der Waals surface area contributed by atoms with Crippen LogP contribution in [-0.4, -0.2) is 44.1 Å². The second kappa shape index (κ2) is 11.4. The van der Waals surface area contributed by atoms with Gasteiger partial charge in [-0.3, -0.25) is 14.2 Å². The minimum absolute atomic E-state index is 0.0918. The zero-order valence-electron chi connectivity index (χ0n) is 24.2. The van der Waals surface area contributed by atoms with Crippen molar-refractivity contribution in [2.24, 2.45) is 0 Å². The maximum absolute atomic E-state index is 14.3. The third kappa shape index (κ3) is 5.35. The van der Waals surface area contributed by atoms with Gasteiger partial charge >= 0.3 is 5.69 Å². The molecule has 10 nitrogen and oxygen atoms in total. The molecule has 4 aromatic rings. The van der Waals surface area contributed by atoms with Crippen LogP contribution in [0.15, 0.2) is 52.3 Å². The lowest BCUT2D eigenvalue weighted by molar-refractivity contribution is -0.129. The molecule has 0 spiro atoms. The molecule has 0 saturated heterocycles. The van der Waals surface area contributed by atoms with E-state index >= 15 is 0 Å². The number of carbonyl (C=O) groups excluding carboxylic acids is 1. The van der Waals surface area contributed by atoms with Gasteiger partial charge in [-0.1, -0.05) is 29.5 Å². The summed E-state index contributed by atoms with van der Waals surface area (Å²) in [6.45, 7) is 12.6. The fourth-order valence-corrected chi connectivity index (χ4v) is 6.02. The smallest absolute Gasteiger partial charge is 0.333 e. The van der Waals surface area contributed by atoms with Crippen LogP contribution < -0.4 is 21.3 Å². The Morgan fingerprint density at radius 2 is 1.82 bits per heavy atom. The van der Waals surface area contributed by atoms with E-state index in [1.165, 1.54) is 11.3 Å². The molecule has 1 N–H and O–H groups in total. The number of thiophene rings is 1. The van der Waals surface area contributed by atoms with Crippen LogP contribution >= 0.6 is 11.3 Å². The highest BCUT2D eigenvalue weighted by Gasteiger charge is 2.36. The Morgan fingerprint density at radius 3 is 2.42 bits per heavy atom. The first kappa shape index (κ1) is 29.3. The fourth-order valence-electron chi connectivity index (χ4n) is 4.78. The van der Waals surface area contributed by atoms with Crippen LogP contribution in [0.4, 0.5) is 0 Å². The van der Waals surface area contributed by atoms with Crippen molar-refractivity contribution in [3.8, 4) is 10.8 Å². The first-order chi connectivity index (χ1) is 18.9. The van der Waals surface area contributed by atoms with Crippen molar-refractivity contribution in [1.82, 2.24) is 24.2 Å². The van der Waals surface area contributed by atoms with Gasteiger partial charge in [0.25, 0.3) is 5.56 Å². The number of hydrogen-bond donors (Lipinski definition) is 1. The van der Waals surface area contributed by atoms with Gasteiger partial charge in [0.1, 0.15) is 27.2 Å². The summed E-state index contributed by atoms with van der Waals surface area (Å²) in [5, 5.41) is 8.29. The number of ether oxygens (including phenoxy) is 2. The van der Waals surface area contributed by atoms with E-state index < -0.39 is 28.8 Å². The number of amides is 1. The maximum Gasteiger partial charge on any atom is 0.333 e. The third-order valence-corrected chi connectivity index (χ3v) is 8.01. The van der Waals surface area contributed by atoms with Crippen molar-refractivity contribution in [2.75, 3.05) is 7.11 Å². The molecule has 3 heterocycles. The van der Waals surface area contributed by atoms with E-state index in [1.807, 2.05) is 58.9 Å². The van der Waals surface area contributed by atoms with E-state index in [4.69, 9.17) is 9.47 Å². The number of methoxy groups -OCH3 is 1.